The molecule has 0 saturated heterocycles. The highest BCUT2D eigenvalue weighted by atomic mass is 35.5. The number of thiazole rings is 1. The number of carbonyl (C=O) groups is 1. The maximum absolute atomic E-state index is 12.3. The number of methoxy groups -OCH3 is 1. The molecular weight excluding hydrogens is 388 g/mol. The number of aryl methyl sites for hydroxylation is 1. The lowest BCUT2D eigenvalue weighted by Gasteiger charge is -2.02. The van der Waals surface area contributed by atoms with Crippen molar-refractivity contribution in [3.63, 3.8) is 0 Å². The van der Waals surface area contributed by atoms with Crippen molar-refractivity contribution < 1.29 is 9.53 Å². The molecule has 0 spiro atoms. The van der Waals surface area contributed by atoms with E-state index in [9.17, 15) is 4.79 Å². The minimum atomic E-state index is -0.106. The van der Waals surface area contributed by atoms with Gasteiger partial charge in [0.05, 0.1) is 17.3 Å². The topological polar surface area (TPSA) is 43.6 Å². The van der Waals surface area contributed by atoms with E-state index in [1.165, 1.54) is 11.3 Å². The second kappa shape index (κ2) is 8.75. The molecule has 3 rings (SSSR count). The number of rotatable bonds is 6. The lowest BCUT2D eigenvalue weighted by atomic mass is 10.3. The highest BCUT2D eigenvalue weighted by Gasteiger charge is 2.07. The van der Waals surface area contributed by atoms with Crippen molar-refractivity contribution in [3.05, 3.63) is 52.3 Å². The molecule has 1 heterocycles. The monoisotopic (exact) mass is 406 g/mol. The predicted molar refractivity (Wildman–Crippen MR) is 109 cm³/mol. The Kier molecular flexibility index (Phi) is 6.40. The molecule has 7 heteroatoms. The van der Waals surface area contributed by atoms with Gasteiger partial charge in [0, 0.05) is 28.6 Å². The first kappa shape index (κ1) is 19.0. The highest BCUT2D eigenvalue weighted by molar-refractivity contribution is 7.99. The van der Waals surface area contributed by atoms with Crippen molar-refractivity contribution in [2.75, 3.05) is 12.9 Å². The standard InChI is InChI=1S/C19H19ClN2O2S2/c1-3-22-16-9-4-13(20)12-17(16)26-19(22)21-18(23)10-11-25-15-7-5-14(24-2)6-8-15/h4-9,12H,3,10-11H2,1-2H3. The van der Waals surface area contributed by atoms with Gasteiger partial charge in [0.1, 0.15) is 5.75 Å². The number of hydrogen-bond acceptors (Lipinski definition) is 4. The predicted octanol–water partition coefficient (Wildman–Crippen LogP) is 4.99. The van der Waals surface area contributed by atoms with E-state index in [0.717, 1.165) is 32.2 Å². The molecule has 0 bridgehead atoms. The lowest BCUT2D eigenvalue weighted by Crippen LogP contribution is -2.15. The van der Waals surface area contributed by atoms with Gasteiger partial charge in [0.25, 0.3) is 0 Å². The Morgan fingerprint density at radius 2 is 2.04 bits per heavy atom. The molecule has 0 atom stereocenters. The van der Waals surface area contributed by atoms with Gasteiger partial charge >= 0.3 is 0 Å². The average Bonchev–Trinajstić information content (AvgIpc) is 2.98. The molecule has 0 aliphatic heterocycles. The Labute approximate surface area is 165 Å². The number of ether oxygens (including phenoxy) is 1. The van der Waals surface area contributed by atoms with Crippen molar-refractivity contribution in [2.24, 2.45) is 4.99 Å². The van der Waals surface area contributed by atoms with Crippen molar-refractivity contribution in [3.8, 4) is 5.75 Å². The van der Waals surface area contributed by atoms with E-state index in [2.05, 4.69) is 4.99 Å². The number of fused-ring (bicyclic) bond motifs is 1. The first-order valence-corrected chi connectivity index (χ1v) is 10.4. The van der Waals surface area contributed by atoms with Gasteiger partial charge in [-0.15, -0.1) is 11.8 Å². The smallest absolute Gasteiger partial charge is 0.249 e. The normalized spacial score (nSPS) is 11.9. The molecule has 0 aliphatic rings. The summed E-state index contributed by atoms with van der Waals surface area (Å²) in [7, 11) is 1.65. The average molecular weight is 407 g/mol. The second-order valence-corrected chi connectivity index (χ2v) is 8.13. The third-order valence-corrected chi connectivity index (χ3v) is 6.12. The number of amides is 1. The second-order valence-electron chi connectivity index (χ2n) is 5.52. The van der Waals surface area contributed by atoms with Crippen LogP contribution in [0.25, 0.3) is 10.2 Å². The Morgan fingerprint density at radius 1 is 1.27 bits per heavy atom. The summed E-state index contributed by atoms with van der Waals surface area (Å²) in [5, 5.41) is 0.691. The van der Waals surface area contributed by atoms with Crippen molar-refractivity contribution in [1.29, 1.82) is 0 Å². The minimum absolute atomic E-state index is 0.106. The minimum Gasteiger partial charge on any atom is -0.497 e. The van der Waals surface area contributed by atoms with Crippen LogP contribution < -0.4 is 9.54 Å². The first-order valence-electron chi connectivity index (χ1n) is 8.24. The van der Waals surface area contributed by atoms with Crippen LogP contribution in [-0.2, 0) is 11.3 Å². The highest BCUT2D eigenvalue weighted by Crippen LogP contribution is 2.23. The maximum atomic E-state index is 12.3. The summed E-state index contributed by atoms with van der Waals surface area (Å²) >= 11 is 9.20. The zero-order valence-corrected chi connectivity index (χ0v) is 17.0. The van der Waals surface area contributed by atoms with Crippen LogP contribution in [0.3, 0.4) is 0 Å². The molecule has 0 aliphatic carbocycles. The van der Waals surface area contributed by atoms with Crippen LogP contribution in [0.5, 0.6) is 5.75 Å². The molecule has 1 aromatic heterocycles. The summed E-state index contributed by atoms with van der Waals surface area (Å²) in [6, 6.07) is 13.6. The Bertz CT molecular complexity index is 977. The van der Waals surface area contributed by atoms with Gasteiger partial charge in [-0.2, -0.15) is 4.99 Å². The van der Waals surface area contributed by atoms with E-state index < -0.39 is 0 Å². The molecule has 1 amide bonds. The fourth-order valence-electron chi connectivity index (χ4n) is 2.53. The van der Waals surface area contributed by atoms with Gasteiger partial charge in [-0.3, -0.25) is 4.79 Å². The summed E-state index contributed by atoms with van der Waals surface area (Å²) < 4.78 is 8.23. The number of carbonyl (C=O) groups excluding carboxylic acids is 1. The van der Waals surface area contributed by atoms with Crippen molar-refractivity contribution in [1.82, 2.24) is 4.57 Å². The van der Waals surface area contributed by atoms with E-state index in [1.54, 1.807) is 18.9 Å². The summed E-state index contributed by atoms with van der Waals surface area (Å²) in [4.78, 5) is 18.4. The molecule has 136 valence electrons. The number of aromatic nitrogens is 1. The third kappa shape index (κ3) is 4.50. The van der Waals surface area contributed by atoms with Gasteiger partial charge in [-0.25, -0.2) is 0 Å². The van der Waals surface area contributed by atoms with Crippen molar-refractivity contribution in [2.45, 2.75) is 24.8 Å². The van der Waals surface area contributed by atoms with Gasteiger partial charge in [0.15, 0.2) is 4.80 Å². The fraction of sp³-hybridized carbons (Fsp3) is 0.263. The Morgan fingerprint density at radius 3 is 2.73 bits per heavy atom. The number of halogens is 1. The summed E-state index contributed by atoms with van der Waals surface area (Å²) in [5.74, 6) is 1.41. The van der Waals surface area contributed by atoms with E-state index >= 15 is 0 Å². The summed E-state index contributed by atoms with van der Waals surface area (Å²) in [6.45, 7) is 2.80. The Balaban J connectivity index is 1.69. The molecule has 0 fully saturated rings. The van der Waals surface area contributed by atoms with Crippen LogP contribution in [0.15, 0.2) is 52.4 Å². The van der Waals surface area contributed by atoms with Gasteiger partial charge < -0.3 is 9.30 Å². The van der Waals surface area contributed by atoms with Gasteiger partial charge in [-0.05, 0) is 49.4 Å². The van der Waals surface area contributed by atoms with E-state index in [0.29, 0.717) is 17.2 Å². The van der Waals surface area contributed by atoms with Gasteiger partial charge in [-0.1, -0.05) is 22.9 Å². The van der Waals surface area contributed by atoms with E-state index in [1.807, 2.05) is 54.0 Å². The van der Waals surface area contributed by atoms with Gasteiger partial charge in [0.2, 0.25) is 5.91 Å². The zero-order chi connectivity index (χ0) is 18.5. The third-order valence-electron chi connectivity index (χ3n) is 3.83. The van der Waals surface area contributed by atoms with Crippen LogP contribution in [0.1, 0.15) is 13.3 Å². The molecule has 0 saturated carbocycles. The molecule has 26 heavy (non-hydrogen) atoms. The molecule has 0 N–H and O–H groups in total. The maximum Gasteiger partial charge on any atom is 0.249 e. The lowest BCUT2D eigenvalue weighted by molar-refractivity contribution is -0.117. The summed E-state index contributed by atoms with van der Waals surface area (Å²) in [5.41, 5.74) is 1.06. The van der Waals surface area contributed by atoms with Crippen LogP contribution >= 0.6 is 34.7 Å². The number of thioether (sulfide) groups is 1. The fourth-order valence-corrected chi connectivity index (χ4v) is 4.76. The van der Waals surface area contributed by atoms with E-state index in [4.69, 9.17) is 16.3 Å². The van der Waals surface area contributed by atoms with E-state index in [-0.39, 0.29) is 5.91 Å². The molecule has 4 nitrogen and oxygen atoms in total. The Hall–Kier alpha value is -1.76. The van der Waals surface area contributed by atoms with Crippen LogP contribution in [0, 0.1) is 0 Å². The molecule has 0 radical (unpaired) electrons. The number of nitrogens with zero attached hydrogens (tertiary/aromatic N) is 2. The molecular formula is C19H19ClN2O2S2. The van der Waals surface area contributed by atoms with Crippen LogP contribution in [0.4, 0.5) is 0 Å². The SMILES string of the molecule is CCn1c(=NC(=O)CCSc2ccc(OC)cc2)sc2cc(Cl)ccc21. The first-order chi connectivity index (χ1) is 12.6. The largest absolute Gasteiger partial charge is 0.497 e. The quantitative estimate of drug-likeness (QED) is 0.541. The number of hydrogen-bond donors (Lipinski definition) is 0. The molecule has 2 aromatic carbocycles. The van der Waals surface area contributed by atoms with Crippen molar-refractivity contribution >= 4 is 50.8 Å². The van der Waals surface area contributed by atoms with Crippen LogP contribution in [0.2, 0.25) is 5.02 Å². The zero-order valence-electron chi connectivity index (χ0n) is 14.6. The molecule has 3 aromatic rings. The number of benzene rings is 2. The van der Waals surface area contributed by atoms with Crippen LogP contribution in [-0.4, -0.2) is 23.3 Å². The summed E-state index contributed by atoms with van der Waals surface area (Å²) in [6.07, 6.45) is 0.398. The molecule has 0 unspecified atom stereocenters.